The van der Waals surface area contributed by atoms with Gasteiger partial charge < -0.3 is 15.4 Å². The van der Waals surface area contributed by atoms with Crippen LogP contribution in [0.2, 0.25) is 0 Å². The van der Waals surface area contributed by atoms with Crippen LogP contribution in [0.15, 0.2) is 30.3 Å². The summed E-state index contributed by atoms with van der Waals surface area (Å²) in [4.78, 5) is 14.3. The number of carbonyl (C=O) groups is 1. The van der Waals surface area contributed by atoms with E-state index in [0.29, 0.717) is 32.8 Å². The predicted molar refractivity (Wildman–Crippen MR) is 77.0 cm³/mol. The fourth-order valence-corrected chi connectivity index (χ4v) is 2.03. The highest BCUT2D eigenvalue weighted by molar-refractivity contribution is 5.84. The van der Waals surface area contributed by atoms with Gasteiger partial charge in [-0.2, -0.15) is 0 Å². The number of nitrogens with two attached hydrogens (primary N) is 1. The Bertz CT molecular complexity index is 368. The highest BCUT2D eigenvalue weighted by Gasteiger charge is 2.23. The van der Waals surface area contributed by atoms with E-state index in [2.05, 4.69) is 0 Å². The minimum atomic E-state index is -0.261. The second-order valence-corrected chi connectivity index (χ2v) is 4.31. The van der Waals surface area contributed by atoms with E-state index in [9.17, 15) is 4.79 Å². The summed E-state index contributed by atoms with van der Waals surface area (Å²) in [5.41, 5.74) is 6.75. The van der Waals surface area contributed by atoms with E-state index in [1.54, 1.807) is 4.90 Å². The van der Waals surface area contributed by atoms with E-state index in [0.717, 1.165) is 5.56 Å². The van der Waals surface area contributed by atoms with Gasteiger partial charge in [-0.05, 0) is 19.4 Å². The van der Waals surface area contributed by atoms with Gasteiger partial charge in [-0.25, -0.2) is 0 Å². The zero-order chi connectivity index (χ0) is 14.1. The third-order valence-corrected chi connectivity index (χ3v) is 3.14. The monoisotopic (exact) mass is 264 g/mol. The number of ether oxygens (including phenoxy) is 1. The fraction of sp³-hybridized carbons (Fsp3) is 0.533. The average molecular weight is 264 g/mol. The molecule has 106 valence electrons. The summed E-state index contributed by atoms with van der Waals surface area (Å²) in [6, 6.07) is 9.70. The number of hydrogen-bond acceptors (Lipinski definition) is 3. The first-order chi connectivity index (χ1) is 9.24. The lowest BCUT2D eigenvalue weighted by atomic mass is 9.98. The van der Waals surface area contributed by atoms with Gasteiger partial charge in [0.15, 0.2) is 0 Å². The van der Waals surface area contributed by atoms with Crippen LogP contribution < -0.4 is 5.73 Å². The molecule has 0 aliphatic carbocycles. The number of nitrogens with zero attached hydrogens (tertiary/aromatic N) is 1. The van der Waals surface area contributed by atoms with Gasteiger partial charge in [0, 0.05) is 26.2 Å². The number of amides is 1. The van der Waals surface area contributed by atoms with Gasteiger partial charge in [-0.15, -0.1) is 0 Å². The third-order valence-electron chi connectivity index (χ3n) is 3.14. The van der Waals surface area contributed by atoms with Crippen molar-refractivity contribution < 1.29 is 9.53 Å². The van der Waals surface area contributed by atoms with Crippen molar-refractivity contribution >= 4 is 5.91 Å². The molecule has 0 heterocycles. The van der Waals surface area contributed by atoms with Gasteiger partial charge in [0.05, 0.1) is 12.5 Å². The van der Waals surface area contributed by atoms with Gasteiger partial charge in [-0.1, -0.05) is 30.3 Å². The van der Waals surface area contributed by atoms with Crippen molar-refractivity contribution in [2.24, 2.45) is 5.73 Å². The van der Waals surface area contributed by atoms with Crippen molar-refractivity contribution in [3.63, 3.8) is 0 Å². The summed E-state index contributed by atoms with van der Waals surface area (Å²) in [6.07, 6.45) is 0. The largest absolute Gasteiger partial charge is 0.380 e. The normalized spacial score (nSPS) is 12.2. The molecule has 1 aromatic rings. The summed E-state index contributed by atoms with van der Waals surface area (Å²) >= 11 is 0. The molecule has 1 aromatic carbocycles. The molecule has 0 saturated heterocycles. The van der Waals surface area contributed by atoms with E-state index in [1.165, 1.54) is 0 Å². The third kappa shape index (κ3) is 4.65. The van der Waals surface area contributed by atoms with Crippen LogP contribution in [0, 0.1) is 0 Å². The number of carbonyl (C=O) groups excluding carboxylic acids is 1. The van der Waals surface area contributed by atoms with Crippen LogP contribution in [0.4, 0.5) is 0 Å². The summed E-state index contributed by atoms with van der Waals surface area (Å²) in [5, 5.41) is 0. The molecule has 0 spiro atoms. The fourth-order valence-electron chi connectivity index (χ4n) is 2.03. The van der Waals surface area contributed by atoms with Gasteiger partial charge in [0.1, 0.15) is 0 Å². The first kappa shape index (κ1) is 15.7. The van der Waals surface area contributed by atoms with E-state index in [4.69, 9.17) is 10.5 Å². The molecule has 0 aliphatic rings. The van der Waals surface area contributed by atoms with Crippen molar-refractivity contribution in [3.05, 3.63) is 35.9 Å². The maximum absolute atomic E-state index is 12.5. The maximum Gasteiger partial charge on any atom is 0.231 e. The Morgan fingerprint density at radius 2 is 2.00 bits per heavy atom. The van der Waals surface area contributed by atoms with Crippen LogP contribution in [0.1, 0.15) is 25.3 Å². The van der Waals surface area contributed by atoms with E-state index < -0.39 is 0 Å². The first-order valence-corrected chi connectivity index (χ1v) is 6.86. The van der Waals surface area contributed by atoms with Gasteiger partial charge in [0.2, 0.25) is 5.91 Å². The first-order valence-electron chi connectivity index (χ1n) is 6.86. The minimum absolute atomic E-state index is 0.0795. The van der Waals surface area contributed by atoms with Crippen LogP contribution in [0.5, 0.6) is 0 Å². The van der Waals surface area contributed by atoms with E-state index >= 15 is 0 Å². The lowest BCUT2D eigenvalue weighted by Gasteiger charge is -2.25. The zero-order valence-corrected chi connectivity index (χ0v) is 11.8. The van der Waals surface area contributed by atoms with Gasteiger partial charge in [0.25, 0.3) is 0 Å². The average Bonchev–Trinajstić information content (AvgIpc) is 2.45. The Kier molecular flexibility index (Phi) is 7.15. The molecule has 0 fully saturated rings. The molecule has 0 bridgehead atoms. The molecule has 0 aromatic heterocycles. The minimum Gasteiger partial charge on any atom is -0.380 e. The van der Waals surface area contributed by atoms with Crippen molar-refractivity contribution in [1.29, 1.82) is 0 Å². The van der Waals surface area contributed by atoms with E-state index in [1.807, 2.05) is 44.2 Å². The smallest absolute Gasteiger partial charge is 0.231 e. The molecule has 0 aliphatic heterocycles. The summed E-state index contributed by atoms with van der Waals surface area (Å²) in [5.74, 6) is -0.182. The SMILES string of the molecule is CCOCCN(CC)C(=O)C(CN)c1ccccc1. The molecular weight excluding hydrogens is 240 g/mol. The number of likely N-dealkylation sites (N-methyl/N-ethyl adjacent to an activating group) is 1. The van der Waals surface area contributed by atoms with Gasteiger partial charge in [-0.3, -0.25) is 4.79 Å². The van der Waals surface area contributed by atoms with Crippen LogP contribution in [-0.2, 0) is 9.53 Å². The molecule has 1 unspecified atom stereocenters. The standard InChI is InChI=1S/C15H24N2O2/c1-3-17(10-11-19-4-2)15(18)14(12-16)13-8-6-5-7-9-13/h5-9,14H,3-4,10-12,16H2,1-2H3. The molecule has 4 heteroatoms. The molecule has 2 N–H and O–H groups in total. The Morgan fingerprint density at radius 1 is 1.32 bits per heavy atom. The van der Waals surface area contributed by atoms with Crippen molar-refractivity contribution in [2.45, 2.75) is 19.8 Å². The molecule has 0 radical (unpaired) electrons. The van der Waals surface area contributed by atoms with E-state index in [-0.39, 0.29) is 11.8 Å². The summed E-state index contributed by atoms with van der Waals surface area (Å²) in [6.45, 7) is 6.79. The van der Waals surface area contributed by atoms with Crippen molar-refractivity contribution in [1.82, 2.24) is 4.90 Å². The highest BCUT2D eigenvalue weighted by Crippen LogP contribution is 2.17. The van der Waals surface area contributed by atoms with Crippen LogP contribution >= 0.6 is 0 Å². The molecule has 1 atom stereocenters. The van der Waals surface area contributed by atoms with Crippen molar-refractivity contribution in [3.8, 4) is 0 Å². The Labute approximate surface area is 115 Å². The quantitative estimate of drug-likeness (QED) is 0.726. The van der Waals surface area contributed by atoms with Crippen LogP contribution in [-0.4, -0.2) is 43.7 Å². The second kappa shape index (κ2) is 8.67. The number of hydrogen-bond donors (Lipinski definition) is 1. The summed E-state index contributed by atoms with van der Waals surface area (Å²) in [7, 11) is 0. The maximum atomic E-state index is 12.5. The predicted octanol–water partition coefficient (Wildman–Crippen LogP) is 1.61. The Morgan fingerprint density at radius 3 is 2.53 bits per heavy atom. The molecule has 1 amide bonds. The molecule has 1 rings (SSSR count). The molecule has 0 saturated carbocycles. The molecule has 4 nitrogen and oxygen atoms in total. The second-order valence-electron chi connectivity index (χ2n) is 4.31. The summed E-state index contributed by atoms with van der Waals surface area (Å²) < 4.78 is 5.31. The zero-order valence-electron chi connectivity index (χ0n) is 11.8. The van der Waals surface area contributed by atoms with Crippen LogP contribution in [0.25, 0.3) is 0 Å². The lowest BCUT2D eigenvalue weighted by molar-refractivity contribution is -0.133. The lowest BCUT2D eigenvalue weighted by Crippen LogP contribution is -2.39. The molecule has 19 heavy (non-hydrogen) atoms. The van der Waals surface area contributed by atoms with Gasteiger partial charge >= 0.3 is 0 Å². The highest BCUT2D eigenvalue weighted by atomic mass is 16.5. The Hall–Kier alpha value is -1.39. The van der Waals surface area contributed by atoms with Crippen LogP contribution in [0.3, 0.4) is 0 Å². The number of rotatable bonds is 8. The number of benzene rings is 1. The molecular formula is C15H24N2O2. The Balaban J connectivity index is 2.71. The topological polar surface area (TPSA) is 55.6 Å². The van der Waals surface area contributed by atoms with Crippen molar-refractivity contribution in [2.75, 3.05) is 32.8 Å².